The second kappa shape index (κ2) is 8.75. The molecule has 1 heterocycles. The summed E-state index contributed by atoms with van der Waals surface area (Å²) < 4.78 is 10.8. The monoisotopic (exact) mass is 342 g/mol. The van der Waals surface area contributed by atoms with Crippen LogP contribution < -0.4 is 9.47 Å². The third-order valence-corrected chi connectivity index (χ3v) is 4.13. The van der Waals surface area contributed by atoms with E-state index < -0.39 is 0 Å². The molecular formula is C18H18N2O3S. The Morgan fingerprint density at radius 3 is 2.88 bits per heavy atom. The predicted octanol–water partition coefficient (Wildman–Crippen LogP) is 3.22. The van der Waals surface area contributed by atoms with Gasteiger partial charge >= 0.3 is 0 Å². The van der Waals surface area contributed by atoms with Gasteiger partial charge in [-0.05, 0) is 23.6 Å². The molecule has 1 aromatic carbocycles. The Morgan fingerprint density at radius 2 is 2.25 bits per heavy atom. The van der Waals surface area contributed by atoms with Gasteiger partial charge in [-0.1, -0.05) is 12.1 Å². The number of hydrogen-bond donors (Lipinski definition) is 0. The van der Waals surface area contributed by atoms with Crippen LogP contribution in [0.2, 0.25) is 0 Å². The van der Waals surface area contributed by atoms with Crippen LogP contribution in [-0.4, -0.2) is 31.1 Å². The maximum absolute atomic E-state index is 12.4. The van der Waals surface area contributed by atoms with Crippen LogP contribution in [0.25, 0.3) is 0 Å². The first-order valence-electron chi connectivity index (χ1n) is 7.30. The summed E-state index contributed by atoms with van der Waals surface area (Å²) in [6.45, 7) is 4.56. The molecule has 124 valence electrons. The van der Waals surface area contributed by atoms with Gasteiger partial charge < -0.3 is 14.4 Å². The van der Waals surface area contributed by atoms with E-state index in [1.54, 1.807) is 40.5 Å². The summed E-state index contributed by atoms with van der Waals surface area (Å²) >= 11 is 1.60. The van der Waals surface area contributed by atoms with Gasteiger partial charge in [0, 0.05) is 17.5 Å². The average molecular weight is 342 g/mol. The summed E-state index contributed by atoms with van der Waals surface area (Å²) in [5, 5.41) is 10.9. The second-order valence-corrected chi connectivity index (χ2v) is 5.94. The molecule has 0 saturated heterocycles. The number of amides is 1. The van der Waals surface area contributed by atoms with Crippen molar-refractivity contribution in [3.05, 3.63) is 58.8 Å². The first-order chi connectivity index (χ1) is 11.7. The van der Waals surface area contributed by atoms with Crippen molar-refractivity contribution in [3.8, 4) is 17.6 Å². The van der Waals surface area contributed by atoms with E-state index in [0.29, 0.717) is 30.2 Å². The van der Waals surface area contributed by atoms with Crippen LogP contribution in [0.3, 0.4) is 0 Å². The minimum Gasteiger partial charge on any atom is -0.493 e. The molecule has 0 aliphatic rings. The van der Waals surface area contributed by atoms with Crippen LogP contribution in [0.1, 0.15) is 10.4 Å². The third kappa shape index (κ3) is 4.61. The Bertz CT molecular complexity index is 735. The minimum atomic E-state index is -0.144. The fraction of sp³-hybridized carbons (Fsp3) is 0.222. The first-order valence-corrected chi connectivity index (χ1v) is 8.18. The number of carbonyl (C=O) groups is 1. The molecule has 0 radical (unpaired) electrons. The fourth-order valence-corrected chi connectivity index (χ4v) is 2.81. The number of nitriles is 1. The van der Waals surface area contributed by atoms with E-state index in [0.717, 1.165) is 4.88 Å². The van der Waals surface area contributed by atoms with Gasteiger partial charge in [-0.3, -0.25) is 4.79 Å². The van der Waals surface area contributed by atoms with E-state index in [9.17, 15) is 4.79 Å². The number of hydrogen-bond acceptors (Lipinski definition) is 5. The average Bonchev–Trinajstić information content (AvgIpc) is 3.12. The first kappa shape index (κ1) is 17.6. The highest BCUT2D eigenvalue weighted by Gasteiger charge is 2.15. The van der Waals surface area contributed by atoms with Gasteiger partial charge in [0.1, 0.15) is 0 Å². The van der Waals surface area contributed by atoms with Gasteiger partial charge in [0.2, 0.25) is 0 Å². The zero-order chi connectivity index (χ0) is 17.4. The molecule has 0 fully saturated rings. The number of carbonyl (C=O) groups excluding carboxylic acids is 1. The van der Waals surface area contributed by atoms with Crippen molar-refractivity contribution in [1.29, 1.82) is 5.26 Å². The molecule has 1 amide bonds. The van der Waals surface area contributed by atoms with Crippen molar-refractivity contribution in [2.24, 2.45) is 0 Å². The second-order valence-electron chi connectivity index (χ2n) is 4.91. The zero-order valence-electron chi connectivity index (χ0n) is 13.4. The highest BCUT2D eigenvalue weighted by molar-refractivity contribution is 7.09. The topological polar surface area (TPSA) is 62.6 Å². The lowest BCUT2D eigenvalue weighted by molar-refractivity contribution is -0.133. The number of ether oxygens (including phenoxy) is 2. The predicted molar refractivity (Wildman–Crippen MR) is 93.1 cm³/mol. The summed E-state index contributed by atoms with van der Waals surface area (Å²) in [6.07, 6.45) is 1.69. The maximum atomic E-state index is 12.4. The molecule has 2 rings (SSSR count). The van der Waals surface area contributed by atoms with Crippen molar-refractivity contribution in [2.45, 2.75) is 6.54 Å². The van der Waals surface area contributed by atoms with Gasteiger partial charge in [-0.15, -0.1) is 17.9 Å². The van der Waals surface area contributed by atoms with E-state index in [1.807, 2.05) is 23.6 Å². The van der Waals surface area contributed by atoms with Crippen molar-refractivity contribution in [3.63, 3.8) is 0 Å². The number of nitrogens with zero attached hydrogens (tertiary/aromatic N) is 2. The largest absolute Gasteiger partial charge is 0.493 e. The molecule has 1 aromatic heterocycles. The highest BCUT2D eigenvalue weighted by Crippen LogP contribution is 2.27. The number of methoxy groups -OCH3 is 1. The van der Waals surface area contributed by atoms with Gasteiger partial charge in [0.15, 0.2) is 18.1 Å². The molecule has 0 bridgehead atoms. The van der Waals surface area contributed by atoms with Crippen LogP contribution in [0.4, 0.5) is 0 Å². The third-order valence-electron chi connectivity index (χ3n) is 3.27. The normalized spacial score (nSPS) is 9.83. The lowest BCUT2D eigenvalue weighted by Gasteiger charge is -2.21. The Morgan fingerprint density at radius 1 is 1.42 bits per heavy atom. The standard InChI is InChI=1S/C18H18N2O3S/c1-3-8-20(12-15-5-4-9-24-15)18(21)13-23-16-7-6-14(11-19)10-17(16)22-2/h3-7,9-10H,1,8,12-13H2,2H3. The maximum Gasteiger partial charge on any atom is 0.261 e. The molecule has 0 saturated carbocycles. The molecule has 0 aliphatic heterocycles. The molecule has 24 heavy (non-hydrogen) atoms. The summed E-state index contributed by atoms with van der Waals surface area (Å²) in [5.41, 5.74) is 0.469. The van der Waals surface area contributed by atoms with Crippen LogP contribution in [0.15, 0.2) is 48.4 Å². The van der Waals surface area contributed by atoms with E-state index in [-0.39, 0.29) is 12.5 Å². The van der Waals surface area contributed by atoms with Crippen LogP contribution >= 0.6 is 11.3 Å². The van der Waals surface area contributed by atoms with Gasteiger partial charge in [0.05, 0.1) is 25.3 Å². The molecule has 0 atom stereocenters. The van der Waals surface area contributed by atoms with E-state index in [2.05, 4.69) is 6.58 Å². The Labute approximate surface area is 145 Å². The lowest BCUT2D eigenvalue weighted by atomic mass is 10.2. The smallest absolute Gasteiger partial charge is 0.261 e. The van der Waals surface area contributed by atoms with Crippen molar-refractivity contribution in [2.75, 3.05) is 20.3 Å². The number of benzene rings is 1. The number of thiophene rings is 1. The van der Waals surface area contributed by atoms with Gasteiger partial charge in [-0.2, -0.15) is 5.26 Å². The Hall–Kier alpha value is -2.78. The van der Waals surface area contributed by atoms with Crippen molar-refractivity contribution >= 4 is 17.2 Å². The highest BCUT2D eigenvalue weighted by atomic mass is 32.1. The molecule has 6 heteroatoms. The Kier molecular flexibility index (Phi) is 6.41. The van der Waals surface area contributed by atoms with Crippen molar-refractivity contribution < 1.29 is 14.3 Å². The zero-order valence-corrected chi connectivity index (χ0v) is 14.2. The molecule has 0 aliphatic carbocycles. The SMILES string of the molecule is C=CCN(Cc1cccs1)C(=O)COc1ccc(C#N)cc1OC. The van der Waals surface area contributed by atoms with Crippen LogP contribution in [0, 0.1) is 11.3 Å². The summed E-state index contributed by atoms with van der Waals surface area (Å²) in [4.78, 5) is 15.2. The molecular weight excluding hydrogens is 324 g/mol. The summed E-state index contributed by atoms with van der Waals surface area (Å²) in [7, 11) is 1.49. The molecule has 5 nitrogen and oxygen atoms in total. The summed E-state index contributed by atoms with van der Waals surface area (Å²) in [6, 6.07) is 10.8. The number of rotatable bonds is 8. The molecule has 0 spiro atoms. The minimum absolute atomic E-state index is 0.110. The van der Waals surface area contributed by atoms with Gasteiger partial charge in [-0.25, -0.2) is 0 Å². The van der Waals surface area contributed by atoms with Crippen LogP contribution in [0.5, 0.6) is 11.5 Å². The molecule has 0 N–H and O–H groups in total. The van der Waals surface area contributed by atoms with E-state index in [4.69, 9.17) is 14.7 Å². The van der Waals surface area contributed by atoms with E-state index in [1.165, 1.54) is 7.11 Å². The molecule has 0 unspecified atom stereocenters. The summed E-state index contributed by atoms with van der Waals surface area (Å²) in [5.74, 6) is 0.713. The Balaban J connectivity index is 2.02. The lowest BCUT2D eigenvalue weighted by Crippen LogP contribution is -2.34. The van der Waals surface area contributed by atoms with E-state index >= 15 is 0 Å². The fourth-order valence-electron chi connectivity index (χ4n) is 2.09. The van der Waals surface area contributed by atoms with Crippen molar-refractivity contribution in [1.82, 2.24) is 4.90 Å². The quantitative estimate of drug-likeness (QED) is 0.691. The van der Waals surface area contributed by atoms with Gasteiger partial charge in [0.25, 0.3) is 5.91 Å². The van der Waals surface area contributed by atoms with Crippen LogP contribution in [-0.2, 0) is 11.3 Å². The molecule has 2 aromatic rings.